The number of alkyl halides is 3. The molecule has 1 aromatic carbocycles. The highest BCUT2D eigenvalue weighted by atomic mass is 127. The van der Waals surface area contributed by atoms with E-state index in [0.717, 1.165) is 42.8 Å². The first-order valence-electron chi connectivity index (χ1n) is 9.32. The third-order valence-corrected chi connectivity index (χ3v) is 5.34. The molecule has 29 heavy (non-hydrogen) atoms. The van der Waals surface area contributed by atoms with Crippen LogP contribution in [-0.4, -0.2) is 43.2 Å². The second kappa shape index (κ2) is 11.0. The fourth-order valence-electron chi connectivity index (χ4n) is 3.08. The lowest BCUT2D eigenvalue weighted by Crippen LogP contribution is -2.44. The van der Waals surface area contributed by atoms with E-state index in [1.165, 1.54) is 5.69 Å². The van der Waals surface area contributed by atoms with E-state index in [1.807, 2.05) is 25.1 Å². The molecule has 0 radical (unpaired) electrons. The number of hydrogen-bond donors (Lipinski definition) is 2. The largest absolute Gasteiger partial charge is 0.434 e. The molecule has 1 aliphatic rings. The van der Waals surface area contributed by atoms with Gasteiger partial charge in [0.1, 0.15) is 0 Å². The van der Waals surface area contributed by atoms with Crippen molar-refractivity contribution in [1.82, 2.24) is 15.6 Å². The lowest BCUT2D eigenvalue weighted by atomic mass is 10.3. The van der Waals surface area contributed by atoms with Crippen molar-refractivity contribution in [2.75, 3.05) is 31.1 Å². The van der Waals surface area contributed by atoms with Gasteiger partial charge < -0.3 is 15.5 Å². The highest BCUT2D eigenvalue weighted by Gasteiger charge is 2.33. The van der Waals surface area contributed by atoms with E-state index in [9.17, 15) is 13.2 Å². The zero-order chi connectivity index (χ0) is 20.0. The van der Waals surface area contributed by atoms with Gasteiger partial charge in [-0.05, 0) is 25.5 Å². The summed E-state index contributed by atoms with van der Waals surface area (Å²) in [5, 5.41) is 8.14. The van der Waals surface area contributed by atoms with E-state index in [1.54, 1.807) is 0 Å². The van der Waals surface area contributed by atoms with Crippen LogP contribution in [0.4, 0.5) is 18.9 Å². The Morgan fingerprint density at radius 2 is 2.07 bits per heavy atom. The Kier molecular flexibility index (Phi) is 9.00. The number of halogens is 4. The number of nitrogens with one attached hydrogen (secondary N) is 2. The molecule has 0 bridgehead atoms. The molecule has 0 amide bonds. The SMILES string of the molecule is CCNC(=NCCc1nc(C(F)(F)F)cs1)NC1CCN(c2ccccc2)C1.I. The Balaban J connectivity index is 0.00000300. The summed E-state index contributed by atoms with van der Waals surface area (Å²) in [5.74, 6) is 0.690. The summed E-state index contributed by atoms with van der Waals surface area (Å²) in [6.45, 7) is 4.94. The van der Waals surface area contributed by atoms with Crippen molar-refractivity contribution >= 4 is 47.0 Å². The van der Waals surface area contributed by atoms with Gasteiger partial charge in [0, 0.05) is 49.7 Å². The van der Waals surface area contributed by atoms with Gasteiger partial charge in [-0.25, -0.2) is 4.98 Å². The van der Waals surface area contributed by atoms with Crippen LogP contribution in [0.1, 0.15) is 24.0 Å². The maximum atomic E-state index is 12.6. The fraction of sp³-hybridized carbons (Fsp3) is 0.474. The van der Waals surface area contributed by atoms with Crippen LogP contribution in [0.3, 0.4) is 0 Å². The molecule has 0 spiro atoms. The summed E-state index contributed by atoms with van der Waals surface area (Å²) >= 11 is 1.02. The summed E-state index contributed by atoms with van der Waals surface area (Å²) < 4.78 is 37.9. The van der Waals surface area contributed by atoms with Crippen LogP contribution >= 0.6 is 35.3 Å². The molecule has 1 unspecified atom stereocenters. The Bertz CT molecular complexity index is 782. The van der Waals surface area contributed by atoms with E-state index < -0.39 is 11.9 Å². The molecule has 10 heteroatoms. The van der Waals surface area contributed by atoms with E-state index in [-0.39, 0.29) is 30.0 Å². The van der Waals surface area contributed by atoms with E-state index >= 15 is 0 Å². The van der Waals surface area contributed by atoms with Gasteiger partial charge in [0.25, 0.3) is 0 Å². The van der Waals surface area contributed by atoms with Crippen molar-refractivity contribution in [2.45, 2.75) is 32.0 Å². The number of aliphatic imine (C=N–C) groups is 1. The van der Waals surface area contributed by atoms with Gasteiger partial charge in [-0.15, -0.1) is 35.3 Å². The Hall–Kier alpha value is -1.56. The monoisotopic (exact) mass is 539 g/mol. The maximum absolute atomic E-state index is 12.6. The van der Waals surface area contributed by atoms with Gasteiger partial charge >= 0.3 is 6.18 Å². The summed E-state index contributed by atoms with van der Waals surface area (Å²) in [4.78, 5) is 10.5. The molecule has 1 saturated heterocycles. The third kappa shape index (κ3) is 7.02. The maximum Gasteiger partial charge on any atom is 0.434 e. The number of hydrogen-bond acceptors (Lipinski definition) is 4. The number of para-hydroxylation sites is 1. The quantitative estimate of drug-likeness (QED) is 0.329. The van der Waals surface area contributed by atoms with Crippen molar-refractivity contribution < 1.29 is 13.2 Å². The van der Waals surface area contributed by atoms with Gasteiger partial charge in [0.2, 0.25) is 0 Å². The second-order valence-corrected chi connectivity index (χ2v) is 7.49. The number of anilines is 1. The molecule has 160 valence electrons. The van der Waals surface area contributed by atoms with Crippen LogP contribution in [-0.2, 0) is 12.6 Å². The lowest BCUT2D eigenvalue weighted by Gasteiger charge is -2.20. The van der Waals surface area contributed by atoms with Crippen molar-refractivity contribution in [2.24, 2.45) is 4.99 Å². The fourth-order valence-corrected chi connectivity index (χ4v) is 3.88. The van der Waals surface area contributed by atoms with Crippen LogP contribution in [0.25, 0.3) is 0 Å². The van der Waals surface area contributed by atoms with E-state index in [0.29, 0.717) is 23.9 Å². The van der Waals surface area contributed by atoms with Gasteiger partial charge in [0.05, 0.1) is 5.01 Å². The first kappa shape index (κ1) is 23.7. The zero-order valence-corrected chi connectivity index (χ0v) is 19.2. The summed E-state index contributed by atoms with van der Waals surface area (Å²) in [5.41, 5.74) is 0.381. The van der Waals surface area contributed by atoms with Gasteiger partial charge in [-0.3, -0.25) is 4.99 Å². The number of nitrogens with zero attached hydrogens (tertiary/aromatic N) is 3. The lowest BCUT2D eigenvalue weighted by molar-refractivity contribution is -0.140. The highest BCUT2D eigenvalue weighted by molar-refractivity contribution is 14.0. The molecular weight excluding hydrogens is 514 g/mol. The molecule has 2 heterocycles. The minimum Gasteiger partial charge on any atom is -0.369 e. The molecule has 2 aromatic rings. The molecule has 5 nitrogen and oxygen atoms in total. The normalized spacial score (nSPS) is 17.2. The molecule has 3 rings (SSSR count). The second-order valence-electron chi connectivity index (χ2n) is 6.55. The Morgan fingerprint density at radius 1 is 1.31 bits per heavy atom. The number of guanidine groups is 1. The predicted octanol–water partition coefficient (Wildman–Crippen LogP) is 4.16. The third-order valence-electron chi connectivity index (χ3n) is 4.43. The van der Waals surface area contributed by atoms with Crippen LogP contribution in [0.15, 0.2) is 40.7 Å². The molecule has 1 aliphatic heterocycles. The number of aromatic nitrogens is 1. The van der Waals surface area contributed by atoms with Crippen LogP contribution in [0, 0.1) is 0 Å². The number of rotatable bonds is 6. The van der Waals surface area contributed by atoms with Crippen molar-refractivity contribution in [3.8, 4) is 0 Å². The number of benzene rings is 1. The molecule has 1 atom stereocenters. The van der Waals surface area contributed by atoms with Crippen molar-refractivity contribution in [1.29, 1.82) is 0 Å². The molecular formula is C19H25F3IN5S. The highest BCUT2D eigenvalue weighted by Crippen LogP contribution is 2.30. The number of thiazole rings is 1. The molecule has 0 aliphatic carbocycles. The Morgan fingerprint density at radius 3 is 2.72 bits per heavy atom. The predicted molar refractivity (Wildman–Crippen MR) is 122 cm³/mol. The van der Waals surface area contributed by atoms with Crippen molar-refractivity contribution in [3.63, 3.8) is 0 Å². The smallest absolute Gasteiger partial charge is 0.369 e. The van der Waals surface area contributed by atoms with Crippen LogP contribution < -0.4 is 15.5 Å². The summed E-state index contributed by atoms with van der Waals surface area (Å²) in [6, 6.07) is 10.5. The standard InChI is InChI=1S/C19H24F3N5S.HI/c1-2-23-18(24-10-8-17-26-16(13-28-17)19(20,21)22)25-14-9-11-27(12-14)15-6-4-3-5-7-15;/h3-7,13-14H,2,8-12H2,1H3,(H2,23,24,25);1H. The van der Waals surface area contributed by atoms with Crippen LogP contribution in [0.5, 0.6) is 0 Å². The zero-order valence-electron chi connectivity index (χ0n) is 16.1. The topological polar surface area (TPSA) is 52.6 Å². The average molecular weight is 539 g/mol. The average Bonchev–Trinajstić information content (AvgIpc) is 3.32. The van der Waals surface area contributed by atoms with Crippen LogP contribution in [0.2, 0.25) is 0 Å². The Labute approximate surface area is 189 Å². The molecule has 1 aromatic heterocycles. The van der Waals surface area contributed by atoms with Gasteiger partial charge in [0.15, 0.2) is 11.7 Å². The van der Waals surface area contributed by atoms with Gasteiger partial charge in [-0.2, -0.15) is 13.2 Å². The van der Waals surface area contributed by atoms with Gasteiger partial charge in [-0.1, -0.05) is 18.2 Å². The minimum atomic E-state index is -4.39. The minimum absolute atomic E-state index is 0. The van der Waals surface area contributed by atoms with E-state index in [2.05, 4.69) is 37.6 Å². The molecule has 0 saturated carbocycles. The summed E-state index contributed by atoms with van der Waals surface area (Å²) in [7, 11) is 0. The van der Waals surface area contributed by atoms with E-state index in [4.69, 9.17) is 0 Å². The summed E-state index contributed by atoms with van der Waals surface area (Å²) in [6.07, 6.45) is -3.00. The first-order chi connectivity index (χ1) is 13.5. The molecule has 2 N–H and O–H groups in total. The molecule has 1 fully saturated rings. The first-order valence-corrected chi connectivity index (χ1v) is 10.2. The van der Waals surface area contributed by atoms with Crippen molar-refractivity contribution in [3.05, 3.63) is 46.4 Å².